The zero-order valence-corrected chi connectivity index (χ0v) is 14.2. The van der Waals surface area contributed by atoms with Gasteiger partial charge in [-0.15, -0.1) is 0 Å². The number of benzene rings is 1. The number of hydrogen-bond acceptors (Lipinski definition) is 3. The molecule has 0 bridgehead atoms. The lowest BCUT2D eigenvalue weighted by atomic mass is 10.1. The Hall–Kier alpha value is -2.82. The van der Waals surface area contributed by atoms with Crippen molar-refractivity contribution in [1.29, 1.82) is 0 Å². The van der Waals surface area contributed by atoms with Crippen LogP contribution in [0.2, 0.25) is 0 Å². The van der Waals surface area contributed by atoms with Gasteiger partial charge in [0.1, 0.15) is 11.4 Å². The summed E-state index contributed by atoms with van der Waals surface area (Å²) in [6, 6.07) is 9.98. The average molecular weight is 323 g/mol. The fraction of sp³-hybridized carbons (Fsp3) is 0.263. The summed E-state index contributed by atoms with van der Waals surface area (Å²) in [7, 11) is 0. The summed E-state index contributed by atoms with van der Waals surface area (Å²) in [5.74, 6) is 0.581. The van der Waals surface area contributed by atoms with E-state index in [0.29, 0.717) is 6.54 Å². The number of nitrogens with one attached hydrogen (secondary N) is 1. The molecular weight excluding hydrogens is 302 g/mol. The average Bonchev–Trinajstić information content (AvgIpc) is 2.95. The van der Waals surface area contributed by atoms with Crippen molar-refractivity contribution in [2.75, 3.05) is 6.61 Å². The Morgan fingerprint density at radius 1 is 1.17 bits per heavy atom. The van der Waals surface area contributed by atoms with Crippen LogP contribution in [0, 0.1) is 20.8 Å². The molecule has 0 atom stereocenters. The minimum atomic E-state index is -0.163. The Labute approximate surface area is 141 Å². The van der Waals surface area contributed by atoms with Crippen LogP contribution in [0.1, 0.15) is 22.4 Å². The number of ether oxygens (including phenoxy) is 1. The maximum atomic E-state index is 12.0. The van der Waals surface area contributed by atoms with Gasteiger partial charge < -0.3 is 14.5 Å². The Morgan fingerprint density at radius 2 is 1.96 bits per heavy atom. The van der Waals surface area contributed by atoms with Gasteiger partial charge in [-0.1, -0.05) is 12.1 Å². The Morgan fingerprint density at radius 3 is 2.79 bits per heavy atom. The summed E-state index contributed by atoms with van der Waals surface area (Å²) < 4.78 is 7.55. The molecule has 3 aromatic rings. The van der Waals surface area contributed by atoms with Gasteiger partial charge in [0, 0.05) is 12.4 Å². The van der Waals surface area contributed by atoms with Crippen molar-refractivity contribution >= 4 is 11.6 Å². The van der Waals surface area contributed by atoms with Crippen molar-refractivity contribution in [2.24, 2.45) is 0 Å². The third-order valence-electron chi connectivity index (χ3n) is 3.83. The molecule has 0 saturated carbocycles. The molecule has 5 heteroatoms. The van der Waals surface area contributed by atoms with E-state index in [-0.39, 0.29) is 12.5 Å². The number of pyridine rings is 1. The fourth-order valence-corrected chi connectivity index (χ4v) is 2.47. The van der Waals surface area contributed by atoms with Crippen LogP contribution >= 0.6 is 0 Å². The summed E-state index contributed by atoms with van der Waals surface area (Å²) in [6.07, 6.45) is 3.88. The minimum absolute atomic E-state index is 0.00320. The number of carbonyl (C=O) groups excluding carboxylic acids is 1. The van der Waals surface area contributed by atoms with E-state index in [1.165, 1.54) is 0 Å². The first kappa shape index (κ1) is 16.1. The molecule has 1 N–H and O–H groups in total. The highest BCUT2D eigenvalue weighted by Gasteiger charge is 2.07. The maximum Gasteiger partial charge on any atom is 0.258 e. The SMILES string of the molecule is Cc1ccc(C)c(OCC(=O)NCc2cn3ccc(C)cc3n2)c1. The van der Waals surface area contributed by atoms with E-state index >= 15 is 0 Å². The molecule has 1 aromatic carbocycles. The lowest BCUT2D eigenvalue weighted by Gasteiger charge is -2.09. The lowest BCUT2D eigenvalue weighted by Crippen LogP contribution is -2.28. The van der Waals surface area contributed by atoms with E-state index in [4.69, 9.17) is 4.74 Å². The molecule has 0 fully saturated rings. The van der Waals surface area contributed by atoms with Gasteiger partial charge in [0.25, 0.3) is 5.91 Å². The van der Waals surface area contributed by atoms with Crippen molar-refractivity contribution in [3.8, 4) is 5.75 Å². The predicted molar refractivity (Wildman–Crippen MR) is 93.2 cm³/mol. The number of amides is 1. The van der Waals surface area contributed by atoms with Crippen molar-refractivity contribution in [3.63, 3.8) is 0 Å². The van der Waals surface area contributed by atoms with Crippen LogP contribution in [-0.2, 0) is 11.3 Å². The number of hydrogen-bond donors (Lipinski definition) is 1. The van der Waals surface area contributed by atoms with Crippen LogP contribution in [0.4, 0.5) is 0 Å². The molecule has 2 aromatic heterocycles. The molecule has 2 heterocycles. The van der Waals surface area contributed by atoms with Gasteiger partial charge in [0.15, 0.2) is 6.61 Å². The molecule has 3 rings (SSSR count). The third-order valence-corrected chi connectivity index (χ3v) is 3.83. The molecule has 0 radical (unpaired) electrons. The van der Waals surface area contributed by atoms with Gasteiger partial charge in [-0.25, -0.2) is 4.98 Å². The Balaban J connectivity index is 1.55. The summed E-state index contributed by atoms with van der Waals surface area (Å²) >= 11 is 0. The molecule has 0 aliphatic carbocycles. The third kappa shape index (κ3) is 3.74. The molecule has 0 spiro atoms. The van der Waals surface area contributed by atoms with Crippen LogP contribution in [0.25, 0.3) is 5.65 Å². The maximum absolute atomic E-state index is 12.0. The summed E-state index contributed by atoms with van der Waals surface area (Å²) in [4.78, 5) is 16.5. The molecule has 0 unspecified atom stereocenters. The van der Waals surface area contributed by atoms with Crippen molar-refractivity contribution in [3.05, 3.63) is 65.1 Å². The number of fused-ring (bicyclic) bond motifs is 1. The quantitative estimate of drug-likeness (QED) is 0.785. The Bertz CT molecular complexity index is 883. The minimum Gasteiger partial charge on any atom is -0.483 e. The van der Waals surface area contributed by atoms with Crippen molar-refractivity contribution in [1.82, 2.24) is 14.7 Å². The standard InChI is InChI=1S/C19H21N3O2/c1-13-4-5-15(3)17(8-13)24-12-19(23)20-10-16-11-22-7-6-14(2)9-18(22)21-16/h4-9,11H,10,12H2,1-3H3,(H,20,23). The highest BCUT2D eigenvalue weighted by atomic mass is 16.5. The number of rotatable bonds is 5. The fourth-order valence-electron chi connectivity index (χ4n) is 2.47. The number of aromatic nitrogens is 2. The van der Waals surface area contributed by atoms with Crippen LogP contribution in [0.15, 0.2) is 42.7 Å². The first-order valence-corrected chi connectivity index (χ1v) is 7.92. The van der Waals surface area contributed by atoms with E-state index in [1.54, 1.807) is 0 Å². The monoisotopic (exact) mass is 323 g/mol. The molecular formula is C19H21N3O2. The topological polar surface area (TPSA) is 55.6 Å². The summed E-state index contributed by atoms with van der Waals surface area (Å²) in [6.45, 7) is 6.37. The van der Waals surface area contributed by atoms with E-state index in [0.717, 1.165) is 33.8 Å². The normalized spacial score (nSPS) is 10.8. The van der Waals surface area contributed by atoms with Gasteiger partial charge in [0.2, 0.25) is 0 Å². The second kappa shape index (κ2) is 6.74. The number of imidazole rings is 1. The number of aryl methyl sites for hydroxylation is 3. The summed E-state index contributed by atoms with van der Waals surface area (Å²) in [5, 5.41) is 2.84. The lowest BCUT2D eigenvalue weighted by molar-refractivity contribution is -0.123. The second-order valence-corrected chi connectivity index (χ2v) is 6.04. The van der Waals surface area contributed by atoms with Crippen LogP contribution in [-0.4, -0.2) is 21.9 Å². The molecule has 0 aliphatic rings. The van der Waals surface area contributed by atoms with E-state index in [9.17, 15) is 4.79 Å². The largest absolute Gasteiger partial charge is 0.483 e. The molecule has 124 valence electrons. The van der Waals surface area contributed by atoms with Gasteiger partial charge in [-0.2, -0.15) is 0 Å². The number of carbonyl (C=O) groups is 1. The zero-order chi connectivity index (χ0) is 17.1. The van der Waals surface area contributed by atoms with E-state index < -0.39 is 0 Å². The van der Waals surface area contributed by atoms with Gasteiger partial charge in [-0.3, -0.25) is 4.79 Å². The molecule has 1 amide bonds. The molecule has 24 heavy (non-hydrogen) atoms. The smallest absolute Gasteiger partial charge is 0.258 e. The zero-order valence-electron chi connectivity index (χ0n) is 14.2. The van der Waals surface area contributed by atoms with Gasteiger partial charge >= 0.3 is 0 Å². The van der Waals surface area contributed by atoms with E-state index in [2.05, 4.69) is 10.3 Å². The first-order chi connectivity index (χ1) is 11.5. The summed E-state index contributed by atoms with van der Waals surface area (Å²) in [5.41, 5.74) is 4.98. The van der Waals surface area contributed by atoms with Crippen molar-refractivity contribution in [2.45, 2.75) is 27.3 Å². The molecule has 0 saturated heterocycles. The molecule has 0 aliphatic heterocycles. The van der Waals surface area contributed by atoms with Gasteiger partial charge in [0.05, 0.1) is 12.2 Å². The van der Waals surface area contributed by atoms with Gasteiger partial charge in [-0.05, 0) is 55.7 Å². The van der Waals surface area contributed by atoms with Crippen molar-refractivity contribution < 1.29 is 9.53 Å². The second-order valence-electron chi connectivity index (χ2n) is 6.04. The highest BCUT2D eigenvalue weighted by Crippen LogP contribution is 2.18. The predicted octanol–water partition coefficient (Wildman–Crippen LogP) is 2.95. The van der Waals surface area contributed by atoms with E-state index in [1.807, 2.05) is 67.9 Å². The first-order valence-electron chi connectivity index (χ1n) is 7.92. The highest BCUT2D eigenvalue weighted by molar-refractivity contribution is 5.77. The van der Waals surface area contributed by atoms with Crippen LogP contribution < -0.4 is 10.1 Å². The Kier molecular flexibility index (Phi) is 4.51. The van der Waals surface area contributed by atoms with Crippen LogP contribution in [0.3, 0.4) is 0 Å². The van der Waals surface area contributed by atoms with Crippen LogP contribution in [0.5, 0.6) is 5.75 Å². The number of nitrogens with zero attached hydrogens (tertiary/aromatic N) is 2. The molecule has 5 nitrogen and oxygen atoms in total.